The predicted octanol–water partition coefficient (Wildman–Crippen LogP) is 7.34. The van der Waals surface area contributed by atoms with Crippen LogP contribution in [0, 0.1) is 19.1 Å². The largest absolute Gasteiger partial charge is 0.618 e. The van der Waals surface area contributed by atoms with Gasteiger partial charge in [0.05, 0.1) is 0 Å². The quantitative estimate of drug-likeness (QED) is 0.179. The summed E-state index contributed by atoms with van der Waals surface area (Å²) < 4.78 is 1.13. The van der Waals surface area contributed by atoms with E-state index >= 15 is 0 Å². The highest BCUT2D eigenvalue weighted by atomic mass is 16.5. The van der Waals surface area contributed by atoms with Gasteiger partial charge in [-0.1, -0.05) is 97.1 Å². The lowest BCUT2D eigenvalue weighted by Gasteiger charge is -2.26. The van der Waals surface area contributed by atoms with Gasteiger partial charge < -0.3 is 15.8 Å². The topological polar surface area (TPSA) is 51.0 Å². The summed E-state index contributed by atoms with van der Waals surface area (Å²) in [7, 11) is 0. The van der Waals surface area contributed by atoms with Crippen LogP contribution in [0.3, 0.4) is 0 Å². The van der Waals surface area contributed by atoms with E-state index in [4.69, 9.17) is 0 Å². The van der Waals surface area contributed by atoms with Crippen LogP contribution in [0.5, 0.6) is 0 Å². The monoisotopic (exact) mass is 485 g/mol. The highest BCUT2D eigenvalue weighted by Gasteiger charge is 2.31. The van der Waals surface area contributed by atoms with E-state index in [-0.39, 0.29) is 12.1 Å². The van der Waals surface area contributed by atoms with E-state index in [1.54, 1.807) is 0 Å². The van der Waals surface area contributed by atoms with Crippen molar-refractivity contribution in [3.63, 3.8) is 0 Å². The summed E-state index contributed by atoms with van der Waals surface area (Å²) in [6.07, 6.45) is 0. The van der Waals surface area contributed by atoms with E-state index in [1.807, 2.05) is 110 Å². The maximum absolute atomic E-state index is 14.4. The average molecular weight is 486 g/mol. The fourth-order valence-electron chi connectivity index (χ4n) is 4.75. The molecule has 0 aliphatic carbocycles. The summed E-state index contributed by atoms with van der Waals surface area (Å²) >= 11 is 0. The Labute approximate surface area is 218 Å². The van der Waals surface area contributed by atoms with E-state index in [9.17, 15) is 5.21 Å². The van der Waals surface area contributed by atoms with Crippen molar-refractivity contribution in [1.82, 2.24) is 0 Å². The molecule has 2 atom stereocenters. The first-order chi connectivity index (χ1) is 18.1. The van der Waals surface area contributed by atoms with Gasteiger partial charge >= 0.3 is 0 Å². The zero-order valence-corrected chi connectivity index (χ0v) is 21.1. The maximum atomic E-state index is 14.4. The number of hydrogen-bond donors (Lipinski definition) is 2. The predicted molar refractivity (Wildman–Crippen MR) is 152 cm³/mol. The van der Waals surface area contributed by atoms with Gasteiger partial charge in [-0.05, 0) is 54.8 Å². The molecule has 5 aromatic rings. The third kappa shape index (κ3) is 5.34. The summed E-state index contributed by atoms with van der Waals surface area (Å²) in [4.78, 5) is 0. The van der Waals surface area contributed by atoms with Crippen molar-refractivity contribution in [2.75, 3.05) is 10.6 Å². The first kappa shape index (κ1) is 24.1. The number of aromatic nitrogens is 1. The molecule has 4 heteroatoms. The molecule has 0 aliphatic rings. The van der Waals surface area contributed by atoms with Gasteiger partial charge in [-0.3, -0.25) is 0 Å². The molecule has 2 unspecified atom stereocenters. The normalized spacial score (nSPS) is 12.5. The highest BCUT2D eigenvalue weighted by molar-refractivity contribution is 5.51. The molecule has 0 bridgehead atoms. The molecule has 0 saturated carbocycles. The number of aryl methyl sites for hydroxylation is 1. The van der Waals surface area contributed by atoms with Gasteiger partial charge in [-0.2, -0.15) is 4.73 Å². The summed E-state index contributed by atoms with van der Waals surface area (Å²) in [5.74, 6) is 0. The second-order valence-electron chi connectivity index (χ2n) is 9.26. The van der Waals surface area contributed by atoms with E-state index in [0.717, 1.165) is 38.4 Å². The van der Waals surface area contributed by atoms with Crippen molar-refractivity contribution in [1.29, 1.82) is 0 Å². The van der Waals surface area contributed by atoms with Gasteiger partial charge in [0.2, 0.25) is 11.4 Å². The number of rotatable bonds is 8. The van der Waals surface area contributed by atoms with Crippen molar-refractivity contribution in [2.24, 2.45) is 0 Å². The molecule has 0 saturated heterocycles. The molecule has 1 aromatic heterocycles. The van der Waals surface area contributed by atoms with Crippen molar-refractivity contribution in [3.05, 3.63) is 166 Å². The number of anilines is 2. The number of hydrogen-bond acceptors (Lipinski definition) is 3. The second kappa shape index (κ2) is 11.0. The van der Waals surface area contributed by atoms with Gasteiger partial charge in [0, 0.05) is 23.0 Å². The molecule has 37 heavy (non-hydrogen) atoms. The molecule has 0 aliphatic heterocycles. The van der Waals surface area contributed by atoms with Crippen LogP contribution in [0.15, 0.2) is 127 Å². The molecule has 0 radical (unpaired) electrons. The molecule has 2 N–H and O–H groups in total. The molecule has 4 nitrogen and oxygen atoms in total. The fraction of sp³-hybridized carbons (Fsp3) is 0.121. The van der Waals surface area contributed by atoms with E-state index in [1.165, 1.54) is 0 Å². The van der Waals surface area contributed by atoms with E-state index in [0.29, 0.717) is 11.4 Å². The fourth-order valence-corrected chi connectivity index (χ4v) is 4.75. The highest BCUT2D eigenvalue weighted by Crippen LogP contribution is 2.32. The Hall–Kier alpha value is -4.57. The molecule has 184 valence electrons. The van der Waals surface area contributed by atoms with Crippen molar-refractivity contribution < 1.29 is 4.73 Å². The van der Waals surface area contributed by atoms with Gasteiger partial charge in [0.25, 0.3) is 0 Å². The zero-order valence-electron chi connectivity index (χ0n) is 21.1. The van der Waals surface area contributed by atoms with Gasteiger partial charge in [0.15, 0.2) is 0 Å². The minimum atomic E-state index is -0.327. The Morgan fingerprint density at radius 2 is 0.973 bits per heavy atom. The van der Waals surface area contributed by atoms with Crippen LogP contribution in [0.1, 0.15) is 45.7 Å². The SMILES string of the molecule is Cc1cc(C(Nc2ccccc2)c2ccccc2)[n+]([O-])c(C(Nc2ccccc2)c2ccccc2)c1C. The first-order valence-corrected chi connectivity index (χ1v) is 12.6. The van der Waals surface area contributed by atoms with Gasteiger partial charge in [-0.15, -0.1) is 0 Å². The van der Waals surface area contributed by atoms with Gasteiger partial charge in [0.1, 0.15) is 12.1 Å². The van der Waals surface area contributed by atoms with E-state index < -0.39 is 0 Å². The summed E-state index contributed by atoms with van der Waals surface area (Å²) in [6.45, 7) is 4.12. The van der Waals surface area contributed by atoms with Crippen LogP contribution < -0.4 is 15.4 Å². The van der Waals surface area contributed by atoms with Crippen LogP contribution in [-0.2, 0) is 0 Å². The average Bonchev–Trinajstić information content (AvgIpc) is 2.95. The first-order valence-electron chi connectivity index (χ1n) is 12.6. The minimum absolute atomic E-state index is 0.326. The Morgan fingerprint density at radius 3 is 1.46 bits per heavy atom. The lowest BCUT2D eigenvalue weighted by atomic mass is 9.94. The molecule has 4 aromatic carbocycles. The number of benzene rings is 4. The van der Waals surface area contributed by atoms with Crippen molar-refractivity contribution in [2.45, 2.75) is 25.9 Å². The third-order valence-electron chi connectivity index (χ3n) is 6.80. The van der Waals surface area contributed by atoms with Crippen LogP contribution in [0.4, 0.5) is 11.4 Å². The van der Waals surface area contributed by atoms with Crippen molar-refractivity contribution >= 4 is 11.4 Å². The summed E-state index contributed by atoms with van der Waals surface area (Å²) in [6, 6.07) is 41.7. The molecule has 0 spiro atoms. The molecule has 0 amide bonds. The van der Waals surface area contributed by atoms with Crippen LogP contribution in [0.2, 0.25) is 0 Å². The number of para-hydroxylation sites is 2. The minimum Gasteiger partial charge on any atom is -0.618 e. The number of pyridine rings is 1. The lowest BCUT2D eigenvalue weighted by molar-refractivity contribution is -0.624. The van der Waals surface area contributed by atoms with Crippen molar-refractivity contribution in [3.8, 4) is 0 Å². The summed E-state index contributed by atoms with van der Waals surface area (Å²) in [5, 5.41) is 21.6. The Bertz CT molecular complexity index is 1440. The molecule has 0 fully saturated rings. The molecule has 5 rings (SSSR count). The summed E-state index contributed by atoms with van der Waals surface area (Å²) in [5.41, 5.74) is 7.37. The Morgan fingerprint density at radius 1 is 0.568 bits per heavy atom. The molecular weight excluding hydrogens is 454 g/mol. The number of nitrogens with zero attached hydrogens (tertiary/aromatic N) is 1. The Balaban J connectivity index is 1.68. The smallest absolute Gasteiger partial charge is 0.223 e. The lowest BCUT2D eigenvalue weighted by Crippen LogP contribution is -2.43. The van der Waals surface area contributed by atoms with Crippen LogP contribution in [0.25, 0.3) is 0 Å². The molecular formula is C33H31N3O. The Kier molecular flexibility index (Phi) is 7.18. The third-order valence-corrected chi connectivity index (χ3v) is 6.80. The second-order valence-corrected chi connectivity index (χ2v) is 9.26. The number of nitrogens with one attached hydrogen (secondary N) is 2. The van der Waals surface area contributed by atoms with Gasteiger partial charge in [-0.25, -0.2) is 0 Å². The van der Waals surface area contributed by atoms with E-state index in [2.05, 4.69) is 41.8 Å². The van der Waals surface area contributed by atoms with Crippen LogP contribution >= 0.6 is 0 Å². The zero-order chi connectivity index (χ0) is 25.6. The standard InChI is InChI=1S/C33H31N3O/c1-24-23-30(31(26-15-7-3-8-16-26)34-28-19-11-5-12-20-28)36(37)33(25(24)2)32(27-17-9-4-10-18-27)35-29-21-13-6-14-22-29/h3-23,31-32,34-35H,1-2H3. The maximum Gasteiger partial charge on any atom is 0.223 e. The van der Waals surface area contributed by atoms with Crippen LogP contribution in [-0.4, -0.2) is 0 Å². The molecule has 1 heterocycles.